The zero-order valence-electron chi connectivity index (χ0n) is 15.0. The third-order valence-electron chi connectivity index (χ3n) is 5.08. The van der Waals surface area contributed by atoms with Crippen molar-refractivity contribution in [3.63, 3.8) is 0 Å². The Morgan fingerprint density at radius 1 is 1.07 bits per heavy atom. The average Bonchev–Trinajstić information content (AvgIpc) is 3.12. The molecule has 0 bridgehead atoms. The number of amidine groups is 1. The van der Waals surface area contributed by atoms with E-state index < -0.39 is 5.97 Å². The fraction of sp³-hybridized carbons (Fsp3) is 0.286. The summed E-state index contributed by atoms with van der Waals surface area (Å²) in [6, 6.07) is 12.8. The maximum atomic E-state index is 11.0. The lowest BCUT2D eigenvalue weighted by Gasteiger charge is -2.18. The predicted octanol–water partition coefficient (Wildman–Crippen LogP) is 3.97. The predicted molar refractivity (Wildman–Crippen MR) is 106 cm³/mol. The van der Waals surface area contributed by atoms with Gasteiger partial charge in [0.05, 0.1) is 22.6 Å². The summed E-state index contributed by atoms with van der Waals surface area (Å²) >= 11 is 0. The van der Waals surface area contributed by atoms with Gasteiger partial charge in [-0.1, -0.05) is 31.4 Å². The van der Waals surface area contributed by atoms with Gasteiger partial charge >= 0.3 is 5.97 Å². The maximum Gasteiger partial charge on any atom is 0.335 e. The molecular weight excluding hydrogens is 340 g/mol. The lowest BCUT2D eigenvalue weighted by atomic mass is 9.96. The number of aliphatic imine (C=N–C) groups is 1. The maximum absolute atomic E-state index is 11.0. The molecule has 3 aromatic rings. The molecule has 2 aromatic carbocycles. The van der Waals surface area contributed by atoms with Gasteiger partial charge in [-0.25, -0.2) is 9.78 Å². The summed E-state index contributed by atoms with van der Waals surface area (Å²) in [6.45, 7) is 0. The Morgan fingerprint density at radius 3 is 2.48 bits per heavy atom. The van der Waals surface area contributed by atoms with Crippen LogP contribution in [0, 0.1) is 0 Å². The van der Waals surface area contributed by atoms with Gasteiger partial charge in [-0.3, -0.25) is 4.99 Å². The third-order valence-corrected chi connectivity index (χ3v) is 5.08. The number of nitrogens with one attached hydrogen (secondary N) is 1. The van der Waals surface area contributed by atoms with E-state index in [1.54, 1.807) is 24.3 Å². The lowest BCUT2D eigenvalue weighted by Crippen LogP contribution is -2.19. The van der Waals surface area contributed by atoms with Gasteiger partial charge in [0.1, 0.15) is 11.7 Å². The van der Waals surface area contributed by atoms with Gasteiger partial charge in [0.2, 0.25) is 0 Å². The Morgan fingerprint density at radius 2 is 1.78 bits per heavy atom. The molecule has 0 saturated heterocycles. The van der Waals surface area contributed by atoms with Crippen molar-refractivity contribution in [2.24, 2.45) is 10.7 Å². The summed E-state index contributed by atoms with van der Waals surface area (Å²) in [6.07, 6.45) is 5.98. The molecule has 138 valence electrons. The zero-order chi connectivity index (χ0) is 18.8. The monoisotopic (exact) mass is 362 g/mol. The van der Waals surface area contributed by atoms with Crippen LogP contribution in [0.3, 0.4) is 0 Å². The van der Waals surface area contributed by atoms with Crippen LogP contribution in [-0.2, 0) is 0 Å². The molecule has 1 aliphatic carbocycles. The summed E-state index contributed by atoms with van der Waals surface area (Å²) in [7, 11) is 0. The van der Waals surface area contributed by atoms with Gasteiger partial charge < -0.3 is 15.8 Å². The number of hydrogen-bond donors (Lipinski definition) is 3. The molecule has 0 amide bonds. The van der Waals surface area contributed by atoms with Gasteiger partial charge in [0.15, 0.2) is 0 Å². The van der Waals surface area contributed by atoms with Crippen molar-refractivity contribution in [2.45, 2.75) is 38.1 Å². The number of rotatable bonds is 4. The second-order valence-electron chi connectivity index (χ2n) is 7.01. The van der Waals surface area contributed by atoms with Crippen LogP contribution in [0.5, 0.6) is 0 Å². The molecular formula is C21H22N4O2. The standard InChI is InChI=1S/C21H22N4O2/c22-19(23-16-4-2-1-3-5-16)15-10-11-17-18(12-15)25-20(24-17)13-6-8-14(9-7-13)21(26)27/h6-12,16H,1-5H2,(H2,22,23)(H,24,25)(H,26,27). The van der Waals surface area contributed by atoms with Gasteiger partial charge in [-0.05, 0) is 43.2 Å². The topological polar surface area (TPSA) is 104 Å². The number of nitrogens with two attached hydrogens (primary N) is 1. The van der Waals surface area contributed by atoms with Crippen LogP contribution in [0.4, 0.5) is 0 Å². The highest BCUT2D eigenvalue weighted by molar-refractivity contribution is 6.00. The number of fused-ring (bicyclic) bond motifs is 1. The van der Waals surface area contributed by atoms with Crippen LogP contribution in [0.25, 0.3) is 22.4 Å². The first-order valence-corrected chi connectivity index (χ1v) is 9.27. The molecule has 0 atom stereocenters. The Bertz CT molecular complexity index is 999. The number of hydrogen-bond acceptors (Lipinski definition) is 3. The fourth-order valence-corrected chi connectivity index (χ4v) is 3.56. The first-order chi connectivity index (χ1) is 13.1. The normalized spacial score (nSPS) is 15.9. The van der Waals surface area contributed by atoms with Crippen molar-refractivity contribution >= 4 is 22.8 Å². The first kappa shape index (κ1) is 17.3. The number of carbonyl (C=O) groups is 1. The molecule has 1 fully saturated rings. The van der Waals surface area contributed by atoms with E-state index in [2.05, 4.69) is 9.97 Å². The fourth-order valence-electron chi connectivity index (χ4n) is 3.56. The van der Waals surface area contributed by atoms with E-state index in [0.29, 0.717) is 17.7 Å². The number of H-pyrrole nitrogens is 1. The van der Waals surface area contributed by atoms with E-state index in [-0.39, 0.29) is 5.56 Å². The number of nitrogens with zero attached hydrogens (tertiary/aromatic N) is 2. The molecule has 0 spiro atoms. The first-order valence-electron chi connectivity index (χ1n) is 9.27. The van der Waals surface area contributed by atoms with Crippen molar-refractivity contribution in [1.29, 1.82) is 0 Å². The van der Waals surface area contributed by atoms with Crippen LogP contribution in [0.15, 0.2) is 47.5 Å². The number of aromatic nitrogens is 2. The molecule has 1 heterocycles. The second kappa shape index (κ2) is 7.23. The molecule has 0 unspecified atom stereocenters. The van der Waals surface area contributed by atoms with Gasteiger partial charge in [0.25, 0.3) is 0 Å². The van der Waals surface area contributed by atoms with E-state index in [1.165, 1.54) is 19.3 Å². The Kier molecular flexibility index (Phi) is 4.62. The summed E-state index contributed by atoms with van der Waals surface area (Å²) < 4.78 is 0. The van der Waals surface area contributed by atoms with E-state index in [1.807, 2.05) is 18.2 Å². The Hall–Kier alpha value is -3.15. The lowest BCUT2D eigenvalue weighted by molar-refractivity contribution is 0.0697. The van der Waals surface area contributed by atoms with Gasteiger partial charge in [0, 0.05) is 11.1 Å². The van der Waals surface area contributed by atoms with Crippen LogP contribution < -0.4 is 5.73 Å². The largest absolute Gasteiger partial charge is 0.478 e. The number of aromatic carboxylic acids is 1. The number of aromatic amines is 1. The molecule has 4 rings (SSSR count). The summed E-state index contributed by atoms with van der Waals surface area (Å²) in [4.78, 5) is 23.6. The highest BCUT2D eigenvalue weighted by Crippen LogP contribution is 2.23. The number of carboxylic acid groups (broad SMARTS) is 1. The molecule has 27 heavy (non-hydrogen) atoms. The van der Waals surface area contributed by atoms with Crippen LogP contribution in [-0.4, -0.2) is 32.9 Å². The molecule has 0 radical (unpaired) electrons. The van der Waals surface area contributed by atoms with Crippen molar-refractivity contribution in [2.75, 3.05) is 0 Å². The van der Waals surface area contributed by atoms with Crippen molar-refractivity contribution in [1.82, 2.24) is 9.97 Å². The van der Waals surface area contributed by atoms with Crippen molar-refractivity contribution < 1.29 is 9.90 Å². The van der Waals surface area contributed by atoms with E-state index >= 15 is 0 Å². The summed E-state index contributed by atoms with van der Waals surface area (Å²) in [5.74, 6) is 0.330. The molecule has 6 heteroatoms. The third kappa shape index (κ3) is 3.69. The van der Waals surface area contributed by atoms with Crippen LogP contribution >= 0.6 is 0 Å². The second-order valence-corrected chi connectivity index (χ2v) is 7.01. The number of carboxylic acids is 1. The minimum Gasteiger partial charge on any atom is -0.478 e. The zero-order valence-corrected chi connectivity index (χ0v) is 15.0. The molecule has 1 aliphatic rings. The average molecular weight is 362 g/mol. The van der Waals surface area contributed by atoms with Crippen LogP contribution in [0.2, 0.25) is 0 Å². The van der Waals surface area contributed by atoms with Crippen molar-refractivity contribution in [3.05, 3.63) is 53.6 Å². The highest BCUT2D eigenvalue weighted by atomic mass is 16.4. The molecule has 6 nitrogen and oxygen atoms in total. The minimum atomic E-state index is -0.941. The minimum absolute atomic E-state index is 0.254. The summed E-state index contributed by atoms with van der Waals surface area (Å²) in [5.41, 5.74) is 9.94. The van der Waals surface area contributed by atoms with Gasteiger partial charge in [-0.2, -0.15) is 0 Å². The molecule has 0 aliphatic heterocycles. The quantitative estimate of drug-likeness (QED) is 0.482. The van der Waals surface area contributed by atoms with Gasteiger partial charge in [-0.15, -0.1) is 0 Å². The van der Waals surface area contributed by atoms with E-state index in [0.717, 1.165) is 35.0 Å². The van der Waals surface area contributed by atoms with E-state index in [9.17, 15) is 4.79 Å². The molecule has 1 aromatic heterocycles. The SMILES string of the molecule is NC(=NC1CCCCC1)c1ccc2nc(-c3ccc(C(=O)O)cc3)[nH]c2c1. The number of benzene rings is 2. The molecule has 1 saturated carbocycles. The Labute approximate surface area is 157 Å². The summed E-state index contributed by atoms with van der Waals surface area (Å²) in [5, 5.41) is 9.01. The number of imidazole rings is 1. The highest BCUT2D eigenvalue weighted by Gasteiger charge is 2.14. The van der Waals surface area contributed by atoms with Crippen molar-refractivity contribution in [3.8, 4) is 11.4 Å². The Balaban J connectivity index is 1.61. The van der Waals surface area contributed by atoms with Crippen LogP contribution in [0.1, 0.15) is 48.0 Å². The van der Waals surface area contributed by atoms with E-state index in [4.69, 9.17) is 15.8 Å². The molecule has 4 N–H and O–H groups in total. The smallest absolute Gasteiger partial charge is 0.335 e.